The molecular weight excluding hydrogens is 200 g/mol. The van der Waals surface area contributed by atoms with Crippen molar-refractivity contribution in [1.29, 1.82) is 5.26 Å². The van der Waals surface area contributed by atoms with Gasteiger partial charge in [-0.05, 0) is 30.7 Å². The molecule has 1 rings (SSSR count). The SMILES string of the molecule is COc1ccc(CCNC(C)C)cc1C#N. The van der Waals surface area contributed by atoms with Gasteiger partial charge in [0.05, 0.1) is 12.7 Å². The minimum Gasteiger partial charge on any atom is -0.495 e. The molecule has 3 heteroatoms. The molecule has 0 spiro atoms. The molecular formula is C13H18N2O. The molecule has 0 unspecified atom stereocenters. The molecule has 16 heavy (non-hydrogen) atoms. The number of ether oxygens (including phenoxy) is 1. The molecule has 0 amide bonds. The van der Waals surface area contributed by atoms with Crippen molar-refractivity contribution in [3.63, 3.8) is 0 Å². The summed E-state index contributed by atoms with van der Waals surface area (Å²) >= 11 is 0. The molecule has 1 aromatic carbocycles. The van der Waals surface area contributed by atoms with E-state index in [1.54, 1.807) is 7.11 Å². The summed E-state index contributed by atoms with van der Waals surface area (Å²) in [6.45, 7) is 5.17. The molecule has 0 aliphatic heterocycles. The van der Waals surface area contributed by atoms with Crippen LogP contribution in [-0.4, -0.2) is 19.7 Å². The molecule has 0 atom stereocenters. The van der Waals surface area contributed by atoms with E-state index in [-0.39, 0.29) is 0 Å². The molecule has 0 saturated carbocycles. The van der Waals surface area contributed by atoms with Gasteiger partial charge in [0.15, 0.2) is 0 Å². The van der Waals surface area contributed by atoms with Crippen LogP contribution in [0.1, 0.15) is 25.0 Å². The summed E-state index contributed by atoms with van der Waals surface area (Å²) in [4.78, 5) is 0. The van der Waals surface area contributed by atoms with E-state index < -0.39 is 0 Å². The lowest BCUT2D eigenvalue weighted by Gasteiger charge is -2.09. The lowest BCUT2D eigenvalue weighted by molar-refractivity contribution is 0.413. The van der Waals surface area contributed by atoms with Crippen molar-refractivity contribution in [1.82, 2.24) is 5.32 Å². The van der Waals surface area contributed by atoms with Crippen LogP contribution in [-0.2, 0) is 6.42 Å². The van der Waals surface area contributed by atoms with Crippen LogP contribution in [0.5, 0.6) is 5.75 Å². The van der Waals surface area contributed by atoms with Gasteiger partial charge in [0.1, 0.15) is 11.8 Å². The summed E-state index contributed by atoms with van der Waals surface area (Å²) in [6.07, 6.45) is 0.927. The summed E-state index contributed by atoms with van der Waals surface area (Å²) in [5.74, 6) is 0.642. The fraction of sp³-hybridized carbons (Fsp3) is 0.462. The fourth-order valence-corrected chi connectivity index (χ4v) is 1.50. The Morgan fingerprint density at radius 2 is 2.19 bits per heavy atom. The van der Waals surface area contributed by atoms with Crippen molar-refractivity contribution in [2.45, 2.75) is 26.3 Å². The van der Waals surface area contributed by atoms with Gasteiger partial charge in [-0.1, -0.05) is 19.9 Å². The third-order valence-electron chi connectivity index (χ3n) is 2.35. The van der Waals surface area contributed by atoms with Crippen LogP contribution in [0.3, 0.4) is 0 Å². The van der Waals surface area contributed by atoms with Gasteiger partial charge in [-0.2, -0.15) is 5.26 Å². The Morgan fingerprint density at radius 1 is 1.44 bits per heavy atom. The van der Waals surface area contributed by atoms with Gasteiger partial charge in [0.2, 0.25) is 0 Å². The Bertz CT molecular complexity index is 380. The van der Waals surface area contributed by atoms with Crippen LogP contribution in [0.25, 0.3) is 0 Å². The third kappa shape index (κ3) is 3.56. The van der Waals surface area contributed by atoms with Crippen LogP contribution < -0.4 is 10.1 Å². The largest absolute Gasteiger partial charge is 0.495 e. The first-order valence-corrected chi connectivity index (χ1v) is 5.47. The molecule has 0 aromatic heterocycles. The monoisotopic (exact) mass is 218 g/mol. The van der Waals surface area contributed by atoms with E-state index in [1.807, 2.05) is 18.2 Å². The molecule has 0 saturated heterocycles. The fourth-order valence-electron chi connectivity index (χ4n) is 1.50. The van der Waals surface area contributed by atoms with E-state index >= 15 is 0 Å². The predicted octanol–water partition coefficient (Wildman–Crippen LogP) is 2.11. The highest BCUT2D eigenvalue weighted by atomic mass is 16.5. The van der Waals surface area contributed by atoms with Crippen molar-refractivity contribution in [3.05, 3.63) is 29.3 Å². The number of nitrogens with one attached hydrogen (secondary N) is 1. The molecule has 0 aliphatic carbocycles. The van der Waals surface area contributed by atoms with E-state index in [4.69, 9.17) is 10.00 Å². The molecule has 3 nitrogen and oxygen atoms in total. The molecule has 1 N–H and O–H groups in total. The third-order valence-corrected chi connectivity index (χ3v) is 2.35. The Morgan fingerprint density at radius 3 is 2.75 bits per heavy atom. The Labute approximate surface area is 97.0 Å². The second-order valence-electron chi connectivity index (χ2n) is 4.01. The lowest BCUT2D eigenvalue weighted by atomic mass is 10.1. The Hall–Kier alpha value is -1.53. The van der Waals surface area contributed by atoms with Crippen LogP contribution in [0.4, 0.5) is 0 Å². The molecule has 0 bridgehead atoms. The summed E-state index contributed by atoms with van der Waals surface area (Å²) in [5.41, 5.74) is 1.76. The van der Waals surface area contributed by atoms with E-state index in [2.05, 4.69) is 25.2 Å². The van der Waals surface area contributed by atoms with E-state index in [1.165, 1.54) is 0 Å². The first-order valence-electron chi connectivity index (χ1n) is 5.47. The van der Waals surface area contributed by atoms with Crippen molar-refractivity contribution in [3.8, 4) is 11.8 Å². The van der Waals surface area contributed by atoms with Crippen LogP contribution >= 0.6 is 0 Å². The zero-order valence-corrected chi connectivity index (χ0v) is 10.1. The van der Waals surface area contributed by atoms with Crippen LogP contribution in [0, 0.1) is 11.3 Å². The second kappa shape index (κ2) is 6.14. The first kappa shape index (κ1) is 12.5. The molecule has 1 aromatic rings. The standard InChI is InChI=1S/C13H18N2O/c1-10(2)15-7-6-11-4-5-13(16-3)12(8-11)9-14/h4-5,8,10,15H,6-7H2,1-3H3. The van der Waals surface area contributed by atoms with Crippen LogP contribution in [0.2, 0.25) is 0 Å². The normalized spacial score (nSPS) is 10.2. The molecule has 86 valence electrons. The Kier molecular flexibility index (Phi) is 4.81. The van der Waals surface area contributed by atoms with Gasteiger partial charge in [0.25, 0.3) is 0 Å². The highest BCUT2D eigenvalue weighted by Crippen LogP contribution is 2.18. The summed E-state index contributed by atoms with van der Waals surface area (Å²) in [5, 5.41) is 12.3. The predicted molar refractivity (Wildman–Crippen MR) is 64.6 cm³/mol. The maximum absolute atomic E-state index is 8.94. The minimum absolute atomic E-state index is 0.494. The van der Waals surface area contributed by atoms with Gasteiger partial charge in [0, 0.05) is 6.04 Å². The van der Waals surface area contributed by atoms with Crippen LogP contribution in [0.15, 0.2) is 18.2 Å². The number of hydrogen-bond donors (Lipinski definition) is 1. The van der Waals surface area contributed by atoms with E-state index in [0.29, 0.717) is 17.4 Å². The average molecular weight is 218 g/mol. The maximum atomic E-state index is 8.94. The molecule has 0 aliphatic rings. The van der Waals surface area contributed by atoms with Crippen molar-refractivity contribution < 1.29 is 4.74 Å². The first-order chi connectivity index (χ1) is 7.67. The zero-order valence-electron chi connectivity index (χ0n) is 10.1. The Balaban J connectivity index is 2.65. The average Bonchev–Trinajstić information content (AvgIpc) is 2.28. The number of nitrogens with zero attached hydrogens (tertiary/aromatic N) is 1. The maximum Gasteiger partial charge on any atom is 0.136 e. The van der Waals surface area contributed by atoms with Gasteiger partial charge >= 0.3 is 0 Å². The topological polar surface area (TPSA) is 45.0 Å². The van der Waals surface area contributed by atoms with E-state index in [0.717, 1.165) is 18.5 Å². The molecule has 0 radical (unpaired) electrons. The smallest absolute Gasteiger partial charge is 0.136 e. The summed E-state index contributed by atoms with van der Waals surface area (Å²) < 4.78 is 5.10. The van der Waals surface area contributed by atoms with Crippen molar-refractivity contribution in [2.24, 2.45) is 0 Å². The highest BCUT2D eigenvalue weighted by molar-refractivity contribution is 5.45. The molecule has 0 heterocycles. The molecule has 0 fully saturated rings. The lowest BCUT2D eigenvalue weighted by Crippen LogP contribution is -2.24. The van der Waals surface area contributed by atoms with Gasteiger partial charge in [-0.15, -0.1) is 0 Å². The van der Waals surface area contributed by atoms with Gasteiger partial charge < -0.3 is 10.1 Å². The number of nitriles is 1. The van der Waals surface area contributed by atoms with Gasteiger partial charge in [-0.3, -0.25) is 0 Å². The second-order valence-corrected chi connectivity index (χ2v) is 4.01. The minimum atomic E-state index is 0.494. The number of benzene rings is 1. The number of rotatable bonds is 5. The quantitative estimate of drug-likeness (QED) is 0.823. The zero-order chi connectivity index (χ0) is 12.0. The summed E-state index contributed by atoms with van der Waals surface area (Å²) in [7, 11) is 1.58. The highest BCUT2D eigenvalue weighted by Gasteiger charge is 2.03. The number of hydrogen-bond acceptors (Lipinski definition) is 3. The van der Waals surface area contributed by atoms with Gasteiger partial charge in [-0.25, -0.2) is 0 Å². The number of methoxy groups -OCH3 is 1. The van der Waals surface area contributed by atoms with Crippen molar-refractivity contribution in [2.75, 3.05) is 13.7 Å². The van der Waals surface area contributed by atoms with E-state index in [9.17, 15) is 0 Å². The van der Waals surface area contributed by atoms with Crippen molar-refractivity contribution >= 4 is 0 Å². The summed E-state index contributed by atoms with van der Waals surface area (Å²) in [6, 6.07) is 8.38.